The average molecular weight is 392 g/mol. The van der Waals surface area contributed by atoms with E-state index >= 15 is 0 Å². The molecular formula is C9H6F3NPb. The summed E-state index contributed by atoms with van der Waals surface area (Å²) < 4.78 is 38.2. The van der Waals surface area contributed by atoms with Crippen LogP contribution in [-0.2, 0) is 0 Å². The number of halogens is 3. The molecule has 0 aliphatic rings. The van der Waals surface area contributed by atoms with Crippen molar-refractivity contribution in [1.29, 1.82) is 0 Å². The molecule has 2 aromatic rings. The topological polar surface area (TPSA) is 12.9 Å². The van der Waals surface area contributed by atoms with Crippen molar-refractivity contribution in [2.24, 2.45) is 0 Å². The zero-order valence-electron chi connectivity index (χ0n) is 7.10. The van der Waals surface area contributed by atoms with E-state index < -0.39 is 17.6 Å². The van der Waals surface area contributed by atoms with Crippen LogP contribution in [0.2, 0.25) is 0 Å². The first-order valence-corrected chi connectivity index (χ1v) is 3.59. The van der Waals surface area contributed by atoms with Gasteiger partial charge in [-0.3, -0.25) is 0 Å². The van der Waals surface area contributed by atoms with Crippen LogP contribution >= 0.6 is 0 Å². The number of para-hydroxylation sites is 1. The summed E-state index contributed by atoms with van der Waals surface area (Å²) in [5.74, 6) is -4.13. The Hall–Kier alpha value is -0.658. The predicted octanol–water partition coefficient (Wildman–Crippen LogP) is 1.74. The molecule has 0 aliphatic carbocycles. The van der Waals surface area contributed by atoms with Crippen LogP contribution in [0.3, 0.4) is 0 Å². The standard InChI is InChI=1S/C9H4F3N.Pb.2H/c10-7-5-3-1-2-4-6(5)13-9(12)8(7)11;;;/h1-4H;;;. The van der Waals surface area contributed by atoms with Gasteiger partial charge in [0.2, 0.25) is 5.82 Å². The van der Waals surface area contributed by atoms with Crippen molar-refractivity contribution in [2.45, 2.75) is 0 Å². The van der Waals surface area contributed by atoms with Crippen LogP contribution in [0.1, 0.15) is 0 Å². The molecule has 5 heteroatoms. The zero-order chi connectivity index (χ0) is 9.42. The first kappa shape index (κ1) is 11.4. The van der Waals surface area contributed by atoms with E-state index in [1.807, 2.05) is 0 Å². The quantitative estimate of drug-likeness (QED) is 0.492. The van der Waals surface area contributed by atoms with E-state index in [4.69, 9.17) is 0 Å². The Labute approximate surface area is 98.1 Å². The van der Waals surface area contributed by atoms with Crippen molar-refractivity contribution in [1.82, 2.24) is 4.98 Å². The molecule has 0 aliphatic heterocycles. The third-order valence-corrected chi connectivity index (χ3v) is 1.73. The van der Waals surface area contributed by atoms with E-state index in [1.54, 1.807) is 6.07 Å². The summed E-state index contributed by atoms with van der Waals surface area (Å²) in [6.45, 7) is 0. The van der Waals surface area contributed by atoms with Crippen LogP contribution in [0.25, 0.3) is 10.9 Å². The SMILES string of the molecule is Fc1nc2ccccc2c(F)c1F.[PbH2]. The molecule has 1 aromatic heterocycles. The molecule has 0 saturated heterocycles. The summed E-state index contributed by atoms with van der Waals surface area (Å²) in [4.78, 5) is 3.25. The normalized spacial score (nSPS) is 9.93. The summed E-state index contributed by atoms with van der Waals surface area (Å²) in [5.41, 5.74) is 0.110. The molecule has 1 heterocycles. The maximum absolute atomic E-state index is 13.0. The summed E-state index contributed by atoms with van der Waals surface area (Å²) >= 11 is 0. The Morgan fingerprint density at radius 1 is 0.929 bits per heavy atom. The maximum atomic E-state index is 13.0. The fourth-order valence-corrected chi connectivity index (χ4v) is 1.12. The minimum absolute atomic E-state index is 0. The van der Waals surface area contributed by atoms with Crippen molar-refractivity contribution in [3.63, 3.8) is 0 Å². The molecule has 0 amide bonds. The van der Waals surface area contributed by atoms with Crippen LogP contribution in [-0.4, -0.2) is 32.3 Å². The van der Waals surface area contributed by atoms with E-state index in [9.17, 15) is 13.2 Å². The summed E-state index contributed by atoms with van der Waals surface area (Å²) in [6.07, 6.45) is 0. The molecule has 0 fully saturated rings. The molecule has 0 atom stereocenters. The predicted molar refractivity (Wildman–Crippen MR) is 50.2 cm³/mol. The third kappa shape index (κ3) is 1.75. The van der Waals surface area contributed by atoms with Gasteiger partial charge in [-0.05, 0) is 12.1 Å². The van der Waals surface area contributed by atoms with E-state index in [0.717, 1.165) is 0 Å². The van der Waals surface area contributed by atoms with Crippen LogP contribution in [0.15, 0.2) is 24.3 Å². The van der Waals surface area contributed by atoms with Crippen molar-refractivity contribution in [3.8, 4) is 0 Å². The summed E-state index contributed by atoms with van der Waals surface area (Å²) in [5, 5.41) is -0.0126. The average Bonchev–Trinajstić information content (AvgIpc) is 2.15. The molecule has 0 unspecified atom stereocenters. The fourth-order valence-electron chi connectivity index (χ4n) is 1.12. The van der Waals surface area contributed by atoms with Gasteiger partial charge < -0.3 is 0 Å². The van der Waals surface area contributed by atoms with Gasteiger partial charge in [-0.2, -0.15) is 8.78 Å². The van der Waals surface area contributed by atoms with Gasteiger partial charge in [-0.15, -0.1) is 0 Å². The molecule has 1 nitrogen and oxygen atoms in total. The Morgan fingerprint density at radius 3 is 2.29 bits per heavy atom. The minimum atomic E-state index is -1.53. The second-order valence-electron chi connectivity index (χ2n) is 2.55. The van der Waals surface area contributed by atoms with Gasteiger partial charge in [0.15, 0.2) is 5.82 Å². The van der Waals surface area contributed by atoms with Gasteiger partial charge in [0.05, 0.1) is 5.52 Å². The molecule has 0 spiro atoms. The van der Waals surface area contributed by atoms with E-state index in [1.165, 1.54) is 18.2 Å². The fraction of sp³-hybridized carbons (Fsp3) is 0. The second-order valence-corrected chi connectivity index (χ2v) is 2.55. The Balaban J connectivity index is 0.000000980. The van der Waals surface area contributed by atoms with Gasteiger partial charge in [0.25, 0.3) is 5.95 Å². The molecule has 14 heavy (non-hydrogen) atoms. The van der Waals surface area contributed by atoms with Crippen molar-refractivity contribution in [2.75, 3.05) is 0 Å². The van der Waals surface area contributed by atoms with Gasteiger partial charge in [-0.1, -0.05) is 12.1 Å². The van der Waals surface area contributed by atoms with E-state index in [2.05, 4.69) is 4.98 Å². The second kappa shape index (κ2) is 4.24. The van der Waals surface area contributed by atoms with Crippen LogP contribution in [0.4, 0.5) is 13.2 Å². The number of aromatic nitrogens is 1. The van der Waals surface area contributed by atoms with Crippen LogP contribution in [0.5, 0.6) is 0 Å². The number of nitrogens with zero attached hydrogens (tertiary/aromatic N) is 1. The number of pyridine rings is 1. The monoisotopic (exact) mass is 393 g/mol. The molecule has 2 radical (unpaired) electrons. The molecule has 1 aromatic carbocycles. The molecule has 0 bridgehead atoms. The van der Waals surface area contributed by atoms with Crippen molar-refractivity contribution in [3.05, 3.63) is 41.8 Å². The molecule has 72 valence electrons. The molecular weight excluding hydrogens is 386 g/mol. The van der Waals surface area contributed by atoms with E-state index in [0.29, 0.717) is 0 Å². The first-order chi connectivity index (χ1) is 6.20. The Kier molecular flexibility index (Phi) is 3.46. The van der Waals surface area contributed by atoms with Gasteiger partial charge >= 0.3 is 27.3 Å². The summed E-state index contributed by atoms with van der Waals surface area (Å²) in [7, 11) is 0. The summed E-state index contributed by atoms with van der Waals surface area (Å²) in [6, 6.07) is 5.87. The van der Waals surface area contributed by atoms with E-state index in [-0.39, 0.29) is 38.2 Å². The van der Waals surface area contributed by atoms with Crippen LogP contribution < -0.4 is 0 Å². The number of hydrogen-bond acceptors (Lipinski definition) is 1. The zero-order valence-corrected chi connectivity index (χ0v) is 12.6. The molecule has 2 rings (SSSR count). The van der Waals surface area contributed by atoms with Crippen molar-refractivity contribution < 1.29 is 13.2 Å². The first-order valence-electron chi connectivity index (χ1n) is 3.59. The third-order valence-electron chi connectivity index (χ3n) is 1.73. The van der Waals surface area contributed by atoms with Crippen LogP contribution in [0, 0.1) is 17.6 Å². The number of rotatable bonds is 0. The molecule has 0 N–H and O–H groups in total. The number of hydrogen-bond donors (Lipinski definition) is 0. The Morgan fingerprint density at radius 2 is 1.57 bits per heavy atom. The van der Waals surface area contributed by atoms with Gasteiger partial charge in [0, 0.05) is 5.39 Å². The Bertz CT molecular complexity index is 473. The number of fused-ring (bicyclic) bond motifs is 1. The van der Waals surface area contributed by atoms with Gasteiger partial charge in [0.1, 0.15) is 0 Å². The van der Waals surface area contributed by atoms with Crippen molar-refractivity contribution >= 4 is 38.2 Å². The van der Waals surface area contributed by atoms with Gasteiger partial charge in [-0.25, -0.2) is 9.37 Å². The molecule has 0 saturated carbocycles. The number of benzene rings is 1.